The lowest BCUT2D eigenvalue weighted by atomic mass is 10.0. The van der Waals surface area contributed by atoms with E-state index in [1.165, 1.54) is 12.1 Å². The first kappa shape index (κ1) is 13.5. The van der Waals surface area contributed by atoms with Crippen LogP contribution >= 0.6 is 0 Å². The van der Waals surface area contributed by atoms with Crippen molar-refractivity contribution in [1.29, 1.82) is 0 Å². The molecule has 1 saturated carbocycles. The van der Waals surface area contributed by atoms with Crippen LogP contribution in [-0.2, 0) is 4.79 Å². The number of rotatable bonds is 4. The number of anilines is 1. The van der Waals surface area contributed by atoms with Crippen molar-refractivity contribution in [2.75, 3.05) is 5.32 Å². The lowest BCUT2D eigenvalue weighted by Gasteiger charge is -2.10. The van der Waals surface area contributed by atoms with Gasteiger partial charge in [-0.1, -0.05) is 12.8 Å². The number of carboxylic acids is 1. The highest BCUT2D eigenvalue weighted by Gasteiger charge is 2.19. The summed E-state index contributed by atoms with van der Waals surface area (Å²) in [5.41, 5.74) is -0.0979. The molecule has 0 atom stereocenters. The highest BCUT2D eigenvalue weighted by atomic mass is 19.1. The zero-order chi connectivity index (χ0) is 13.8. The van der Waals surface area contributed by atoms with Crippen LogP contribution in [0.1, 0.15) is 42.5 Å². The molecule has 4 nitrogen and oxygen atoms in total. The van der Waals surface area contributed by atoms with Gasteiger partial charge in [0.15, 0.2) is 0 Å². The first-order valence-corrected chi connectivity index (χ1v) is 6.39. The Morgan fingerprint density at radius 1 is 1.32 bits per heavy atom. The third kappa shape index (κ3) is 3.53. The third-order valence-electron chi connectivity index (χ3n) is 3.44. The molecular formula is C14H16FNO3. The van der Waals surface area contributed by atoms with E-state index in [2.05, 4.69) is 5.32 Å². The van der Waals surface area contributed by atoms with Crippen molar-refractivity contribution in [2.45, 2.75) is 32.1 Å². The van der Waals surface area contributed by atoms with Crippen molar-refractivity contribution in [3.05, 3.63) is 29.6 Å². The number of hydrogen-bond acceptors (Lipinski definition) is 2. The molecule has 0 heterocycles. The van der Waals surface area contributed by atoms with E-state index in [9.17, 15) is 14.0 Å². The number of amides is 1. The molecule has 1 aromatic rings. The molecule has 102 valence electrons. The number of halogens is 1. The maximum Gasteiger partial charge on any atom is 0.335 e. The Kier molecular flexibility index (Phi) is 4.14. The Bertz CT molecular complexity index is 495. The number of nitrogens with one attached hydrogen (secondary N) is 1. The zero-order valence-electron chi connectivity index (χ0n) is 10.5. The molecule has 2 N–H and O–H groups in total. The fourth-order valence-electron chi connectivity index (χ4n) is 2.43. The first-order valence-electron chi connectivity index (χ1n) is 6.39. The average molecular weight is 265 g/mol. The summed E-state index contributed by atoms with van der Waals surface area (Å²) in [6.07, 6.45) is 4.81. The van der Waals surface area contributed by atoms with Gasteiger partial charge in [0, 0.05) is 6.42 Å². The van der Waals surface area contributed by atoms with Crippen LogP contribution in [0.5, 0.6) is 0 Å². The Morgan fingerprint density at radius 2 is 2.00 bits per heavy atom. The smallest absolute Gasteiger partial charge is 0.335 e. The summed E-state index contributed by atoms with van der Waals surface area (Å²) in [5.74, 6) is -1.74. The summed E-state index contributed by atoms with van der Waals surface area (Å²) < 4.78 is 13.6. The van der Waals surface area contributed by atoms with Gasteiger partial charge in [-0.15, -0.1) is 0 Å². The first-order chi connectivity index (χ1) is 9.06. The van der Waals surface area contributed by atoms with Crippen molar-refractivity contribution < 1.29 is 19.1 Å². The maximum absolute atomic E-state index is 13.6. The predicted molar refractivity (Wildman–Crippen MR) is 68.6 cm³/mol. The molecule has 0 bridgehead atoms. The lowest BCUT2D eigenvalue weighted by Crippen LogP contribution is -2.16. The van der Waals surface area contributed by atoms with Gasteiger partial charge in [-0.2, -0.15) is 0 Å². The molecule has 19 heavy (non-hydrogen) atoms. The van der Waals surface area contributed by atoms with Crippen molar-refractivity contribution >= 4 is 17.6 Å². The summed E-state index contributed by atoms with van der Waals surface area (Å²) in [6.45, 7) is 0. The van der Waals surface area contributed by atoms with Gasteiger partial charge in [0.25, 0.3) is 0 Å². The number of carboxylic acid groups (broad SMARTS) is 1. The second kappa shape index (κ2) is 5.82. The van der Waals surface area contributed by atoms with Gasteiger partial charge in [0.2, 0.25) is 5.91 Å². The van der Waals surface area contributed by atoms with E-state index in [1.807, 2.05) is 0 Å². The Hall–Kier alpha value is -1.91. The van der Waals surface area contributed by atoms with E-state index in [0.717, 1.165) is 31.7 Å². The molecule has 1 amide bonds. The van der Waals surface area contributed by atoms with Crippen molar-refractivity contribution in [3.63, 3.8) is 0 Å². The summed E-state index contributed by atoms with van der Waals surface area (Å²) in [4.78, 5) is 22.4. The molecule has 0 radical (unpaired) electrons. The largest absolute Gasteiger partial charge is 0.478 e. The molecule has 5 heteroatoms. The van der Waals surface area contributed by atoms with Gasteiger partial charge in [0.1, 0.15) is 5.82 Å². The molecule has 1 aliphatic carbocycles. The number of carbonyl (C=O) groups excluding carboxylic acids is 1. The summed E-state index contributed by atoms with van der Waals surface area (Å²) in [7, 11) is 0. The van der Waals surface area contributed by atoms with Gasteiger partial charge >= 0.3 is 5.97 Å². The van der Waals surface area contributed by atoms with Gasteiger partial charge in [-0.3, -0.25) is 4.79 Å². The normalized spacial score (nSPS) is 15.4. The number of hydrogen-bond donors (Lipinski definition) is 2. The van der Waals surface area contributed by atoms with Crippen LogP contribution in [0, 0.1) is 11.7 Å². The van der Waals surface area contributed by atoms with Crippen LogP contribution in [0.15, 0.2) is 18.2 Å². The van der Waals surface area contributed by atoms with Crippen LogP contribution in [0.2, 0.25) is 0 Å². The molecular weight excluding hydrogens is 249 g/mol. The van der Waals surface area contributed by atoms with Crippen LogP contribution in [-0.4, -0.2) is 17.0 Å². The van der Waals surface area contributed by atoms with Gasteiger partial charge < -0.3 is 10.4 Å². The Balaban J connectivity index is 1.98. The molecule has 0 aliphatic heterocycles. The highest BCUT2D eigenvalue weighted by Crippen LogP contribution is 2.28. The van der Waals surface area contributed by atoms with E-state index in [-0.39, 0.29) is 17.2 Å². The van der Waals surface area contributed by atoms with Gasteiger partial charge in [-0.25, -0.2) is 9.18 Å². The Morgan fingerprint density at radius 3 is 2.58 bits per heavy atom. The quantitative estimate of drug-likeness (QED) is 0.879. The summed E-state index contributed by atoms with van der Waals surface area (Å²) in [5, 5.41) is 11.2. The summed E-state index contributed by atoms with van der Waals surface area (Å²) in [6, 6.07) is 3.47. The molecule has 1 fully saturated rings. The molecule has 0 aromatic heterocycles. The SMILES string of the molecule is O=C(CC1CCCC1)Nc1ccc(C(=O)O)cc1F. The average Bonchev–Trinajstić information content (AvgIpc) is 2.84. The highest BCUT2D eigenvalue weighted by molar-refractivity contribution is 5.92. The number of benzene rings is 1. The van der Waals surface area contributed by atoms with Crippen molar-refractivity contribution in [2.24, 2.45) is 5.92 Å². The van der Waals surface area contributed by atoms with Crippen LogP contribution in [0.4, 0.5) is 10.1 Å². The summed E-state index contributed by atoms with van der Waals surface area (Å²) >= 11 is 0. The second-order valence-corrected chi connectivity index (χ2v) is 4.90. The molecule has 0 saturated heterocycles. The molecule has 2 rings (SSSR count). The van der Waals surface area contributed by atoms with Crippen LogP contribution < -0.4 is 5.32 Å². The van der Waals surface area contributed by atoms with E-state index >= 15 is 0 Å². The third-order valence-corrected chi connectivity index (χ3v) is 3.44. The van der Waals surface area contributed by atoms with E-state index in [4.69, 9.17) is 5.11 Å². The van der Waals surface area contributed by atoms with Crippen LogP contribution in [0.3, 0.4) is 0 Å². The van der Waals surface area contributed by atoms with Gasteiger partial charge in [0.05, 0.1) is 11.3 Å². The van der Waals surface area contributed by atoms with Crippen molar-refractivity contribution in [3.8, 4) is 0 Å². The minimum Gasteiger partial charge on any atom is -0.478 e. The standard InChI is InChI=1S/C14H16FNO3/c15-11-8-10(14(18)19)5-6-12(11)16-13(17)7-9-3-1-2-4-9/h5-6,8-9H,1-4,7H2,(H,16,17)(H,18,19). The monoisotopic (exact) mass is 265 g/mol. The van der Waals surface area contributed by atoms with E-state index in [1.54, 1.807) is 0 Å². The number of aromatic carboxylic acids is 1. The topological polar surface area (TPSA) is 66.4 Å². The predicted octanol–water partition coefficient (Wildman–Crippen LogP) is 3.04. The Labute approximate surface area is 110 Å². The van der Waals surface area contributed by atoms with E-state index < -0.39 is 11.8 Å². The van der Waals surface area contributed by atoms with Crippen LogP contribution in [0.25, 0.3) is 0 Å². The van der Waals surface area contributed by atoms with Gasteiger partial charge in [-0.05, 0) is 37.0 Å². The van der Waals surface area contributed by atoms with Crippen molar-refractivity contribution in [1.82, 2.24) is 0 Å². The minimum atomic E-state index is -1.19. The minimum absolute atomic E-state index is 0.0352. The number of carbonyl (C=O) groups is 2. The molecule has 0 spiro atoms. The second-order valence-electron chi connectivity index (χ2n) is 4.90. The van der Waals surface area contributed by atoms with E-state index in [0.29, 0.717) is 12.3 Å². The molecule has 1 aliphatic rings. The maximum atomic E-state index is 13.6. The zero-order valence-corrected chi connectivity index (χ0v) is 10.5. The molecule has 0 unspecified atom stereocenters. The molecule has 1 aromatic carbocycles. The fourth-order valence-corrected chi connectivity index (χ4v) is 2.43. The lowest BCUT2D eigenvalue weighted by molar-refractivity contribution is -0.117. The fraction of sp³-hybridized carbons (Fsp3) is 0.429.